The number of carbonyl (C=O) groups is 1. The van der Waals surface area contributed by atoms with Gasteiger partial charge in [-0.25, -0.2) is 0 Å². The van der Waals surface area contributed by atoms with Gasteiger partial charge in [0.1, 0.15) is 5.69 Å². The highest BCUT2D eigenvalue weighted by molar-refractivity contribution is 7.98. The molecule has 3 aromatic rings. The van der Waals surface area contributed by atoms with Gasteiger partial charge in [-0.15, -0.1) is 11.8 Å². The van der Waals surface area contributed by atoms with Gasteiger partial charge in [-0.3, -0.25) is 19.6 Å². The number of ether oxygens (including phenoxy) is 1. The third-order valence-electron chi connectivity index (χ3n) is 3.39. The lowest BCUT2D eigenvalue weighted by atomic mass is 10.3. The average molecular weight is 368 g/mol. The molecule has 0 spiro atoms. The quantitative estimate of drug-likeness (QED) is 0.650. The third-order valence-corrected chi connectivity index (χ3v) is 4.47. The number of benzene rings is 1. The summed E-state index contributed by atoms with van der Waals surface area (Å²) >= 11 is 1.68. The first-order valence-corrected chi connectivity index (χ1v) is 8.71. The Kier molecular flexibility index (Phi) is 5.65. The second-order valence-corrected chi connectivity index (χ2v) is 6.32. The third kappa shape index (κ3) is 4.70. The first-order valence-electron chi connectivity index (χ1n) is 7.72. The van der Waals surface area contributed by atoms with Crippen LogP contribution in [0, 0.1) is 0 Å². The molecule has 1 aromatic carbocycles. The Labute approximate surface area is 153 Å². The first-order chi connectivity index (χ1) is 12.6. The number of hydrogen-bond donors (Lipinski definition) is 2. The average Bonchev–Trinajstić information content (AvgIpc) is 2.67. The molecule has 7 nitrogen and oxygen atoms in total. The van der Waals surface area contributed by atoms with Crippen LogP contribution in [0.5, 0.6) is 6.01 Å². The van der Waals surface area contributed by atoms with E-state index in [0.29, 0.717) is 5.69 Å². The maximum Gasteiger partial charge on any atom is 0.296 e. The van der Waals surface area contributed by atoms with Gasteiger partial charge in [0.2, 0.25) is 0 Å². The minimum Gasteiger partial charge on any atom is -0.468 e. The van der Waals surface area contributed by atoms with Crippen LogP contribution in [0.2, 0.25) is 0 Å². The highest BCUT2D eigenvalue weighted by atomic mass is 32.2. The van der Waals surface area contributed by atoms with Crippen molar-refractivity contribution >= 4 is 23.4 Å². The van der Waals surface area contributed by atoms with Crippen molar-refractivity contribution in [3.63, 3.8) is 0 Å². The first kappa shape index (κ1) is 17.7. The second-order valence-electron chi connectivity index (χ2n) is 5.27. The molecule has 0 atom stereocenters. The van der Waals surface area contributed by atoms with E-state index in [1.165, 1.54) is 7.11 Å². The van der Waals surface area contributed by atoms with Gasteiger partial charge in [-0.2, -0.15) is 4.98 Å². The van der Waals surface area contributed by atoms with Crippen molar-refractivity contribution in [1.82, 2.24) is 15.0 Å². The van der Waals surface area contributed by atoms with Gasteiger partial charge >= 0.3 is 0 Å². The van der Waals surface area contributed by atoms with Gasteiger partial charge in [0, 0.05) is 34.8 Å². The largest absolute Gasteiger partial charge is 0.468 e. The SMILES string of the molecule is COc1nc(C(=O)Nc2ccc(SCc3cccnc3)cc2)cc(=O)[nH]1. The smallest absolute Gasteiger partial charge is 0.296 e. The molecule has 1 amide bonds. The van der Waals surface area contributed by atoms with Crippen LogP contribution < -0.4 is 15.6 Å². The highest BCUT2D eigenvalue weighted by Gasteiger charge is 2.11. The van der Waals surface area contributed by atoms with E-state index in [1.807, 2.05) is 30.5 Å². The molecule has 0 radical (unpaired) electrons. The number of nitrogens with one attached hydrogen (secondary N) is 2. The lowest BCUT2D eigenvalue weighted by molar-refractivity contribution is 0.102. The molecular formula is C18H16N4O3S. The zero-order valence-electron chi connectivity index (χ0n) is 13.9. The topological polar surface area (TPSA) is 97.0 Å². The summed E-state index contributed by atoms with van der Waals surface area (Å²) in [6, 6.07) is 12.5. The Bertz CT molecular complexity index is 943. The summed E-state index contributed by atoms with van der Waals surface area (Å²) in [5, 5.41) is 2.71. The minimum atomic E-state index is -0.481. The van der Waals surface area contributed by atoms with Gasteiger partial charge in [0.05, 0.1) is 7.11 Å². The van der Waals surface area contributed by atoms with E-state index in [0.717, 1.165) is 22.3 Å². The Morgan fingerprint density at radius 2 is 2.08 bits per heavy atom. The molecule has 0 saturated carbocycles. The molecule has 2 heterocycles. The van der Waals surface area contributed by atoms with E-state index in [4.69, 9.17) is 4.74 Å². The molecule has 26 heavy (non-hydrogen) atoms. The predicted octanol–water partition coefficient (Wildman–Crippen LogP) is 2.72. The molecule has 0 aliphatic rings. The molecule has 8 heteroatoms. The Morgan fingerprint density at radius 1 is 1.27 bits per heavy atom. The minimum absolute atomic E-state index is 0.00944. The summed E-state index contributed by atoms with van der Waals surface area (Å²) in [6.45, 7) is 0. The van der Waals surface area contributed by atoms with E-state index in [9.17, 15) is 9.59 Å². The molecule has 3 rings (SSSR count). The van der Waals surface area contributed by atoms with E-state index < -0.39 is 11.5 Å². The zero-order valence-corrected chi connectivity index (χ0v) is 14.7. The molecule has 0 fully saturated rings. The van der Waals surface area contributed by atoms with E-state index in [-0.39, 0.29) is 11.7 Å². The number of nitrogens with zero attached hydrogens (tertiary/aromatic N) is 2. The zero-order chi connectivity index (χ0) is 18.4. The molecule has 0 saturated heterocycles. The van der Waals surface area contributed by atoms with Crippen molar-refractivity contribution in [2.45, 2.75) is 10.6 Å². The van der Waals surface area contributed by atoms with Crippen LogP contribution in [0.15, 0.2) is 64.5 Å². The van der Waals surface area contributed by atoms with Crippen LogP contribution in [-0.2, 0) is 5.75 Å². The molecule has 2 N–H and O–H groups in total. The van der Waals surface area contributed by atoms with Crippen molar-refractivity contribution in [2.24, 2.45) is 0 Å². The van der Waals surface area contributed by atoms with E-state index in [2.05, 4.69) is 20.3 Å². The fourth-order valence-corrected chi connectivity index (χ4v) is 2.96. The molecular weight excluding hydrogens is 352 g/mol. The summed E-state index contributed by atoms with van der Waals surface area (Å²) in [5.41, 5.74) is 1.29. The van der Waals surface area contributed by atoms with Crippen molar-refractivity contribution in [1.29, 1.82) is 0 Å². The fourth-order valence-electron chi connectivity index (χ4n) is 2.13. The Morgan fingerprint density at radius 3 is 2.77 bits per heavy atom. The van der Waals surface area contributed by atoms with Crippen LogP contribution in [-0.4, -0.2) is 28.0 Å². The summed E-state index contributed by atoms with van der Waals surface area (Å²) in [6.07, 6.45) is 3.58. The van der Waals surface area contributed by atoms with Gasteiger partial charge < -0.3 is 10.1 Å². The summed E-state index contributed by atoms with van der Waals surface area (Å²) < 4.78 is 4.86. The number of H-pyrrole nitrogens is 1. The van der Waals surface area contributed by atoms with Crippen molar-refractivity contribution in [3.05, 3.63) is 76.5 Å². The number of pyridine rings is 1. The van der Waals surface area contributed by atoms with Gasteiger partial charge in [-0.05, 0) is 35.9 Å². The maximum absolute atomic E-state index is 12.2. The normalized spacial score (nSPS) is 10.3. The van der Waals surface area contributed by atoms with Crippen molar-refractivity contribution in [2.75, 3.05) is 12.4 Å². The standard InChI is InChI=1S/C18H16N4O3S/c1-25-18-21-15(9-16(23)22-18)17(24)20-13-4-6-14(7-5-13)26-11-12-3-2-8-19-10-12/h2-10H,11H2,1H3,(H,20,24)(H,21,22,23). The molecule has 0 unspecified atom stereocenters. The van der Waals surface area contributed by atoms with Crippen LogP contribution in [0.25, 0.3) is 0 Å². The molecule has 132 valence electrons. The van der Waals surface area contributed by atoms with Crippen molar-refractivity contribution < 1.29 is 9.53 Å². The lowest BCUT2D eigenvalue weighted by Crippen LogP contribution is -2.19. The van der Waals surface area contributed by atoms with E-state index in [1.54, 1.807) is 30.1 Å². The van der Waals surface area contributed by atoms with E-state index >= 15 is 0 Å². The van der Waals surface area contributed by atoms with Crippen LogP contribution in [0.3, 0.4) is 0 Å². The van der Waals surface area contributed by atoms with Crippen LogP contribution in [0.1, 0.15) is 16.1 Å². The Balaban J connectivity index is 1.63. The number of thioether (sulfide) groups is 1. The number of hydrogen-bond acceptors (Lipinski definition) is 6. The van der Waals surface area contributed by atoms with Crippen LogP contribution >= 0.6 is 11.8 Å². The van der Waals surface area contributed by atoms with Gasteiger partial charge in [-0.1, -0.05) is 6.07 Å². The Hall–Kier alpha value is -3.13. The number of carbonyl (C=O) groups excluding carboxylic acids is 1. The number of anilines is 1. The molecule has 2 aromatic heterocycles. The highest BCUT2D eigenvalue weighted by Crippen LogP contribution is 2.24. The summed E-state index contributed by atoms with van der Waals surface area (Å²) in [4.78, 5) is 35.2. The van der Waals surface area contributed by atoms with Gasteiger partial charge in [0.25, 0.3) is 17.5 Å². The van der Waals surface area contributed by atoms with Crippen LogP contribution in [0.4, 0.5) is 5.69 Å². The van der Waals surface area contributed by atoms with Gasteiger partial charge in [0.15, 0.2) is 0 Å². The second kappa shape index (κ2) is 8.30. The summed E-state index contributed by atoms with van der Waals surface area (Å²) in [5.74, 6) is 0.334. The lowest BCUT2D eigenvalue weighted by Gasteiger charge is -2.07. The number of rotatable bonds is 6. The summed E-state index contributed by atoms with van der Waals surface area (Å²) in [7, 11) is 1.36. The monoisotopic (exact) mass is 368 g/mol. The van der Waals surface area contributed by atoms with Crippen molar-refractivity contribution in [3.8, 4) is 6.01 Å². The number of methoxy groups -OCH3 is 1. The molecule has 0 bridgehead atoms. The number of aromatic amines is 1. The molecule has 0 aliphatic carbocycles. The predicted molar refractivity (Wildman–Crippen MR) is 99.6 cm³/mol. The molecule has 0 aliphatic heterocycles. The number of amides is 1. The fraction of sp³-hybridized carbons (Fsp3) is 0.111. The number of aromatic nitrogens is 3. The maximum atomic E-state index is 12.2.